The van der Waals surface area contributed by atoms with Crippen LogP contribution in [0.1, 0.15) is 73.6 Å². The number of allylic oxidation sites excluding steroid dienone is 3. The van der Waals surface area contributed by atoms with Crippen molar-refractivity contribution >= 4 is 17.9 Å². The lowest BCUT2D eigenvalue weighted by atomic mass is 9.71. The maximum absolute atomic E-state index is 12.2. The van der Waals surface area contributed by atoms with Crippen LogP contribution in [-0.4, -0.2) is 37.2 Å². The van der Waals surface area contributed by atoms with Gasteiger partial charge in [0.05, 0.1) is 0 Å². The SMILES string of the molecule is CC(=O)OCC(COC(C)=O)OC(=O)/C=C(\C)CCC1=C(C)CCCC1(C)C. The zero-order chi connectivity index (χ0) is 21.3. The van der Waals surface area contributed by atoms with Crippen LogP contribution in [0, 0.1) is 5.41 Å². The predicted molar refractivity (Wildman–Crippen MR) is 106 cm³/mol. The van der Waals surface area contributed by atoms with Crippen LogP contribution in [0.2, 0.25) is 0 Å². The number of hydrogen-bond acceptors (Lipinski definition) is 6. The van der Waals surface area contributed by atoms with E-state index in [-0.39, 0.29) is 18.6 Å². The van der Waals surface area contributed by atoms with E-state index >= 15 is 0 Å². The third kappa shape index (κ3) is 8.72. The summed E-state index contributed by atoms with van der Waals surface area (Å²) < 4.78 is 15.0. The zero-order valence-electron chi connectivity index (χ0n) is 18.1. The van der Waals surface area contributed by atoms with Gasteiger partial charge in [0.25, 0.3) is 0 Å². The summed E-state index contributed by atoms with van der Waals surface area (Å²) in [5.41, 5.74) is 4.09. The second-order valence-corrected chi connectivity index (χ2v) is 8.15. The smallest absolute Gasteiger partial charge is 0.331 e. The molecule has 1 rings (SSSR count). The quantitative estimate of drug-likeness (QED) is 0.251. The number of hydrogen-bond donors (Lipinski definition) is 0. The average Bonchev–Trinajstić information content (AvgIpc) is 2.55. The van der Waals surface area contributed by atoms with Gasteiger partial charge in [0.2, 0.25) is 0 Å². The molecule has 0 N–H and O–H groups in total. The summed E-state index contributed by atoms with van der Waals surface area (Å²) in [4.78, 5) is 34.2. The van der Waals surface area contributed by atoms with Crippen LogP contribution in [0.25, 0.3) is 0 Å². The lowest BCUT2D eigenvalue weighted by molar-refractivity contribution is -0.162. The third-order valence-electron chi connectivity index (χ3n) is 5.05. The molecular weight excluding hydrogens is 360 g/mol. The summed E-state index contributed by atoms with van der Waals surface area (Å²) in [7, 11) is 0. The summed E-state index contributed by atoms with van der Waals surface area (Å²) in [6, 6.07) is 0. The molecular formula is C22H34O6. The van der Waals surface area contributed by atoms with E-state index in [0.717, 1.165) is 24.8 Å². The Labute approximate surface area is 168 Å². The molecule has 0 saturated heterocycles. The Morgan fingerprint density at radius 2 is 1.64 bits per heavy atom. The third-order valence-corrected chi connectivity index (χ3v) is 5.05. The van der Waals surface area contributed by atoms with Gasteiger partial charge in [-0.05, 0) is 51.4 Å². The standard InChI is InChI=1S/C22H34O6/c1-15(9-10-20-16(2)8-7-11-22(20,5)6)12-21(25)28-19(13-26-17(3)23)14-27-18(4)24/h12,19H,7-11,13-14H2,1-6H3/b15-12+. The van der Waals surface area contributed by atoms with Crippen molar-refractivity contribution in [2.24, 2.45) is 5.41 Å². The Morgan fingerprint density at radius 3 is 2.14 bits per heavy atom. The summed E-state index contributed by atoms with van der Waals surface area (Å²) >= 11 is 0. The maximum atomic E-state index is 12.2. The van der Waals surface area contributed by atoms with E-state index in [2.05, 4.69) is 20.8 Å². The summed E-state index contributed by atoms with van der Waals surface area (Å²) in [5, 5.41) is 0. The van der Waals surface area contributed by atoms with Crippen LogP contribution in [0.4, 0.5) is 0 Å². The molecule has 0 radical (unpaired) electrons. The molecule has 0 heterocycles. The van der Waals surface area contributed by atoms with Gasteiger partial charge in [0, 0.05) is 19.9 Å². The molecule has 0 saturated carbocycles. The number of carbonyl (C=O) groups is 3. The van der Waals surface area contributed by atoms with E-state index in [9.17, 15) is 14.4 Å². The van der Waals surface area contributed by atoms with Gasteiger partial charge in [-0.25, -0.2) is 4.79 Å². The Hall–Kier alpha value is -2.11. The van der Waals surface area contributed by atoms with Gasteiger partial charge in [-0.3, -0.25) is 9.59 Å². The van der Waals surface area contributed by atoms with E-state index in [1.807, 2.05) is 6.92 Å². The first-order chi connectivity index (χ1) is 13.0. The van der Waals surface area contributed by atoms with Gasteiger partial charge in [-0.1, -0.05) is 30.6 Å². The van der Waals surface area contributed by atoms with Crippen LogP contribution in [-0.2, 0) is 28.6 Å². The average molecular weight is 395 g/mol. The Bertz CT molecular complexity index is 623. The van der Waals surface area contributed by atoms with Crippen molar-refractivity contribution in [1.29, 1.82) is 0 Å². The predicted octanol–water partition coefficient (Wildman–Crippen LogP) is 4.28. The fourth-order valence-corrected chi connectivity index (χ4v) is 3.56. The highest BCUT2D eigenvalue weighted by Gasteiger charge is 2.27. The molecule has 28 heavy (non-hydrogen) atoms. The van der Waals surface area contributed by atoms with E-state index < -0.39 is 24.0 Å². The molecule has 0 aliphatic heterocycles. The van der Waals surface area contributed by atoms with Crippen molar-refractivity contribution in [3.05, 3.63) is 22.8 Å². The number of ether oxygens (including phenoxy) is 3. The largest absolute Gasteiger partial charge is 0.462 e. The molecule has 0 aromatic rings. The van der Waals surface area contributed by atoms with Crippen LogP contribution >= 0.6 is 0 Å². The minimum Gasteiger partial charge on any atom is -0.462 e. The van der Waals surface area contributed by atoms with E-state index in [4.69, 9.17) is 14.2 Å². The molecule has 0 fully saturated rings. The first-order valence-electron chi connectivity index (χ1n) is 9.85. The zero-order valence-corrected chi connectivity index (χ0v) is 18.1. The van der Waals surface area contributed by atoms with Gasteiger partial charge in [0.1, 0.15) is 13.2 Å². The van der Waals surface area contributed by atoms with Crippen molar-refractivity contribution in [2.75, 3.05) is 13.2 Å². The van der Waals surface area contributed by atoms with Crippen molar-refractivity contribution in [3.8, 4) is 0 Å². The Balaban J connectivity index is 2.64. The molecule has 0 atom stereocenters. The van der Waals surface area contributed by atoms with Gasteiger partial charge >= 0.3 is 17.9 Å². The van der Waals surface area contributed by atoms with Crippen LogP contribution in [0.15, 0.2) is 22.8 Å². The highest BCUT2D eigenvalue weighted by molar-refractivity contribution is 5.83. The highest BCUT2D eigenvalue weighted by Crippen LogP contribution is 2.42. The van der Waals surface area contributed by atoms with Crippen molar-refractivity contribution in [2.45, 2.75) is 79.8 Å². The number of carbonyl (C=O) groups excluding carboxylic acids is 3. The number of esters is 3. The summed E-state index contributed by atoms with van der Waals surface area (Å²) in [6.45, 7) is 10.9. The lowest BCUT2D eigenvalue weighted by Gasteiger charge is -2.34. The van der Waals surface area contributed by atoms with Crippen LogP contribution < -0.4 is 0 Å². The molecule has 0 spiro atoms. The maximum Gasteiger partial charge on any atom is 0.331 e. The molecule has 1 aliphatic carbocycles. The molecule has 0 unspecified atom stereocenters. The first kappa shape index (κ1) is 23.9. The van der Waals surface area contributed by atoms with E-state index in [1.54, 1.807) is 0 Å². The molecule has 0 amide bonds. The van der Waals surface area contributed by atoms with Gasteiger partial charge in [-0.15, -0.1) is 0 Å². The second-order valence-electron chi connectivity index (χ2n) is 8.15. The topological polar surface area (TPSA) is 78.9 Å². The molecule has 6 nitrogen and oxygen atoms in total. The van der Waals surface area contributed by atoms with Crippen molar-refractivity contribution in [1.82, 2.24) is 0 Å². The molecule has 0 aromatic carbocycles. The van der Waals surface area contributed by atoms with Gasteiger partial charge in [-0.2, -0.15) is 0 Å². The highest BCUT2D eigenvalue weighted by atomic mass is 16.6. The van der Waals surface area contributed by atoms with Crippen molar-refractivity contribution in [3.63, 3.8) is 0 Å². The first-order valence-corrected chi connectivity index (χ1v) is 9.85. The van der Waals surface area contributed by atoms with E-state index in [0.29, 0.717) is 0 Å². The number of rotatable bonds is 9. The monoisotopic (exact) mass is 394 g/mol. The lowest BCUT2D eigenvalue weighted by Crippen LogP contribution is -2.29. The molecule has 1 aliphatic rings. The fourth-order valence-electron chi connectivity index (χ4n) is 3.56. The minimum atomic E-state index is -0.827. The van der Waals surface area contributed by atoms with Crippen LogP contribution in [0.3, 0.4) is 0 Å². The van der Waals surface area contributed by atoms with Gasteiger partial charge < -0.3 is 14.2 Å². The Morgan fingerprint density at radius 1 is 1.07 bits per heavy atom. The summed E-state index contributed by atoms with van der Waals surface area (Å²) in [5.74, 6) is -1.51. The van der Waals surface area contributed by atoms with Crippen molar-refractivity contribution < 1.29 is 28.6 Å². The van der Waals surface area contributed by atoms with Crippen LogP contribution in [0.5, 0.6) is 0 Å². The molecule has 0 bridgehead atoms. The molecule has 6 heteroatoms. The molecule has 158 valence electrons. The molecule has 0 aromatic heterocycles. The van der Waals surface area contributed by atoms with Gasteiger partial charge in [0.15, 0.2) is 6.10 Å². The van der Waals surface area contributed by atoms with E-state index in [1.165, 1.54) is 43.9 Å². The minimum absolute atomic E-state index is 0.151. The fraction of sp³-hybridized carbons (Fsp3) is 0.682. The Kier molecular flexibility index (Phi) is 9.42. The second kappa shape index (κ2) is 11.0. The normalized spacial score (nSPS) is 16.8. The summed E-state index contributed by atoms with van der Waals surface area (Å²) in [6.07, 6.45) is 5.92.